The van der Waals surface area contributed by atoms with Crippen molar-refractivity contribution in [3.05, 3.63) is 0 Å². The van der Waals surface area contributed by atoms with E-state index >= 15 is 0 Å². The van der Waals surface area contributed by atoms with E-state index in [1.165, 1.54) is 6.21 Å². The van der Waals surface area contributed by atoms with Gasteiger partial charge < -0.3 is 22.9 Å². The maximum absolute atomic E-state index is 5.03. The molecule has 0 aromatic carbocycles. The summed E-state index contributed by atoms with van der Waals surface area (Å²) in [6.07, 6.45) is 1.31. The monoisotopic (exact) mass is 184 g/mol. The molecule has 0 radical (unpaired) electrons. The molecule has 0 heterocycles. The molecule has 0 aromatic rings. The predicted molar refractivity (Wildman–Crippen MR) is 53.2 cm³/mol. The lowest BCUT2D eigenvalue weighted by molar-refractivity contribution is 1.19. The van der Waals surface area contributed by atoms with Gasteiger partial charge in [0.2, 0.25) is 11.9 Å². The second-order valence-electron chi connectivity index (χ2n) is 2.04. The Morgan fingerprint density at radius 2 is 1.46 bits per heavy atom. The highest BCUT2D eigenvalue weighted by molar-refractivity contribution is 6.29. The molecule has 8 heteroatoms. The molecule has 0 atom stereocenters. The number of hydrogen-bond donors (Lipinski definition) is 4. The summed E-state index contributed by atoms with van der Waals surface area (Å²) in [5.74, 6) is -0.263. The van der Waals surface area contributed by atoms with Gasteiger partial charge in [-0.15, -0.1) is 10.2 Å². The van der Waals surface area contributed by atoms with Crippen LogP contribution in [0.2, 0.25) is 0 Å². The molecule has 0 unspecified atom stereocenters. The van der Waals surface area contributed by atoms with Gasteiger partial charge in [-0.1, -0.05) is 0 Å². The van der Waals surface area contributed by atoms with Gasteiger partial charge in [-0.05, 0) is 6.92 Å². The third-order valence-electron chi connectivity index (χ3n) is 0.741. The lowest BCUT2D eigenvalue weighted by Crippen LogP contribution is -2.22. The van der Waals surface area contributed by atoms with Gasteiger partial charge in [0.25, 0.3) is 0 Å². The highest BCUT2D eigenvalue weighted by atomic mass is 15.3. The topological polar surface area (TPSA) is 154 Å². The molecule has 13 heavy (non-hydrogen) atoms. The van der Waals surface area contributed by atoms with Crippen LogP contribution in [0.4, 0.5) is 0 Å². The first-order valence-corrected chi connectivity index (χ1v) is 3.27. The number of hydrogen-bond acceptors (Lipinski definition) is 4. The van der Waals surface area contributed by atoms with Crippen molar-refractivity contribution in [3.8, 4) is 0 Å². The Labute approximate surface area is 75.1 Å². The van der Waals surface area contributed by atoms with Crippen LogP contribution in [0.5, 0.6) is 0 Å². The largest absolute Gasteiger partial charge is 0.369 e. The molecule has 0 aliphatic carbocycles. The standard InChI is InChI=1S/C5H12N8/c1-3(11-13-5(8)9)2-10-12-4(6)7/h2H,1H3,(H4,6,7,12)(H4,8,9,13)/b10-2?,11-3+. The molecule has 8 N–H and O–H groups in total. The zero-order chi connectivity index (χ0) is 10.3. The Morgan fingerprint density at radius 3 is 1.92 bits per heavy atom. The van der Waals surface area contributed by atoms with Gasteiger partial charge in [0.15, 0.2) is 0 Å². The van der Waals surface area contributed by atoms with Crippen molar-refractivity contribution in [3.63, 3.8) is 0 Å². The molecule has 0 amide bonds. The molecule has 0 saturated carbocycles. The fourth-order valence-corrected chi connectivity index (χ4v) is 0.342. The Bertz CT molecular complexity index is 264. The molecule has 0 aliphatic heterocycles. The Balaban J connectivity index is 4.22. The lowest BCUT2D eigenvalue weighted by atomic mass is 10.5. The molecule has 0 fully saturated rings. The SMILES string of the molecule is C/C(C=NN=C(N)N)=N\N=C(N)N. The van der Waals surface area contributed by atoms with Crippen molar-refractivity contribution in [1.29, 1.82) is 0 Å². The van der Waals surface area contributed by atoms with Crippen molar-refractivity contribution in [2.75, 3.05) is 0 Å². The summed E-state index contributed by atoms with van der Waals surface area (Å²) >= 11 is 0. The summed E-state index contributed by atoms with van der Waals surface area (Å²) < 4.78 is 0. The minimum atomic E-state index is -0.133. The van der Waals surface area contributed by atoms with Gasteiger partial charge in [0.1, 0.15) is 0 Å². The molecule has 0 saturated heterocycles. The van der Waals surface area contributed by atoms with Crippen molar-refractivity contribution >= 4 is 23.8 Å². The fraction of sp³-hybridized carbons (Fsp3) is 0.200. The first kappa shape index (κ1) is 10.9. The summed E-state index contributed by atoms with van der Waals surface area (Å²) in [4.78, 5) is 0. The van der Waals surface area contributed by atoms with Gasteiger partial charge in [-0.2, -0.15) is 10.2 Å². The van der Waals surface area contributed by atoms with Crippen LogP contribution in [0.3, 0.4) is 0 Å². The Hall–Kier alpha value is -2.12. The molecule has 0 bridgehead atoms. The summed E-state index contributed by atoms with van der Waals surface area (Å²) in [5.41, 5.74) is 20.5. The van der Waals surface area contributed by atoms with Gasteiger partial charge in [-0.25, -0.2) is 0 Å². The fourth-order valence-electron chi connectivity index (χ4n) is 0.342. The van der Waals surface area contributed by atoms with Gasteiger partial charge in [0.05, 0.1) is 11.9 Å². The minimum Gasteiger partial charge on any atom is -0.369 e. The Morgan fingerprint density at radius 1 is 0.923 bits per heavy atom. The van der Waals surface area contributed by atoms with E-state index in [0.29, 0.717) is 5.71 Å². The molecule has 8 nitrogen and oxygen atoms in total. The van der Waals surface area contributed by atoms with Crippen LogP contribution >= 0.6 is 0 Å². The first-order valence-electron chi connectivity index (χ1n) is 3.27. The lowest BCUT2D eigenvalue weighted by Gasteiger charge is -1.86. The van der Waals surface area contributed by atoms with E-state index in [0.717, 1.165) is 0 Å². The number of rotatable bonds is 3. The summed E-state index contributed by atoms with van der Waals surface area (Å²) in [6, 6.07) is 0. The molecular formula is C5H12N8. The molecule has 0 aromatic heterocycles. The predicted octanol–water partition coefficient (Wildman–Crippen LogP) is -2.11. The van der Waals surface area contributed by atoms with E-state index in [-0.39, 0.29) is 11.9 Å². The number of nitrogens with zero attached hydrogens (tertiary/aromatic N) is 4. The second-order valence-corrected chi connectivity index (χ2v) is 2.04. The van der Waals surface area contributed by atoms with E-state index in [9.17, 15) is 0 Å². The van der Waals surface area contributed by atoms with Gasteiger partial charge in [-0.3, -0.25) is 0 Å². The molecule has 0 aliphatic rings. The summed E-state index contributed by atoms with van der Waals surface area (Å²) in [6.45, 7) is 1.64. The van der Waals surface area contributed by atoms with Crippen LogP contribution in [-0.2, 0) is 0 Å². The highest BCUT2D eigenvalue weighted by Crippen LogP contribution is 1.76. The zero-order valence-electron chi connectivity index (χ0n) is 7.18. The van der Waals surface area contributed by atoms with Crippen LogP contribution in [0.15, 0.2) is 20.4 Å². The van der Waals surface area contributed by atoms with E-state index in [4.69, 9.17) is 22.9 Å². The van der Waals surface area contributed by atoms with Crippen molar-refractivity contribution in [1.82, 2.24) is 0 Å². The maximum Gasteiger partial charge on any atom is 0.211 e. The van der Waals surface area contributed by atoms with Gasteiger partial charge in [0, 0.05) is 0 Å². The van der Waals surface area contributed by atoms with Crippen LogP contribution in [0.1, 0.15) is 6.92 Å². The molecule has 0 rings (SSSR count). The maximum atomic E-state index is 5.03. The normalized spacial score (nSPS) is 11.3. The van der Waals surface area contributed by atoms with Crippen LogP contribution in [0.25, 0.3) is 0 Å². The number of guanidine groups is 2. The third kappa shape index (κ3) is 7.78. The van der Waals surface area contributed by atoms with E-state index in [2.05, 4.69) is 20.4 Å². The van der Waals surface area contributed by atoms with Crippen molar-refractivity contribution in [2.45, 2.75) is 6.92 Å². The van der Waals surface area contributed by atoms with Crippen LogP contribution in [0, 0.1) is 0 Å². The third-order valence-corrected chi connectivity index (χ3v) is 0.741. The quantitative estimate of drug-likeness (QED) is 0.225. The second kappa shape index (κ2) is 5.52. The van der Waals surface area contributed by atoms with E-state index in [1.807, 2.05) is 0 Å². The van der Waals surface area contributed by atoms with Crippen LogP contribution < -0.4 is 22.9 Å². The zero-order valence-corrected chi connectivity index (χ0v) is 7.18. The Kier molecular flexibility index (Phi) is 4.62. The summed E-state index contributed by atoms with van der Waals surface area (Å²) in [7, 11) is 0. The minimum absolute atomic E-state index is 0.130. The average molecular weight is 184 g/mol. The van der Waals surface area contributed by atoms with E-state index < -0.39 is 0 Å². The average Bonchev–Trinajstić information content (AvgIpc) is 2.00. The molecule has 72 valence electrons. The van der Waals surface area contributed by atoms with Crippen molar-refractivity contribution in [2.24, 2.45) is 43.3 Å². The molecule has 0 spiro atoms. The van der Waals surface area contributed by atoms with Gasteiger partial charge >= 0.3 is 0 Å². The highest BCUT2D eigenvalue weighted by Gasteiger charge is 1.83. The van der Waals surface area contributed by atoms with Crippen LogP contribution in [-0.4, -0.2) is 23.8 Å². The number of nitrogens with two attached hydrogens (primary N) is 4. The first-order chi connectivity index (χ1) is 6.02. The summed E-state index contributed by atoms with van der Waals surface area (Å²) in [5, 5.41) is 13.8. The smallest absolute Gasteiger partial charge is 0.211 e. The van der Waals surface area contributed by atoms with E-state index in [1.54, 1.807) is 6.92 Å². The van der Waals surface area contributed by atoms with Crippen molar-refractivity contribution < 1.29 is 0 Å². The molecular weight excluding hydrogens is 172 g/mol.